The fourth-order valence-corrected chi connectivity index (χ4v) is 1.72. The number of phenolic OH excluding ortho intramolecular Hbond substituents is 1. The molecule has 0 radical (unpaired) electrons. The van der Waals surface area contributed by atoms with Gasteiger partial charge in [-0.15, -0.1) is 0 Å². The standard InChI is InChI=1S/C13H11BrN2O3/c1-19-11-4-3-9(6-10(11)17)16-13(18)8-2-5-12(14)15-7-8/h2-7,17H,1H3,(H,16,18). The van der Waals surface area contributed by atoms with Crippen LogP contribution in [-0.2, 0) is 0 Å². The normalized spacial score (nSPS) is 10.0. The number of halogens is 1. The maximum Gasteiger partial charge on any atom is 0.257 e. The molecule has 0 saturated heterocycles. The number of aromatic hydroxyl groups is 1. The highest BCUT2D eigenvalue weighted by molar-refractivity contribution is 9.10. The summed E-state index contributed by atoms with van der Waals surface area (Å²) in [6.45, 7) is 0. The van der Waals surface area contributed by atoms with E-state index >= 15 is 0 Å². The minimum absolute atomic E-state index is 0.0331. The van der Waals surface area contributed by atoms with Gasteiger partial charge in [-0.3, -0.25) is 4.79 Å². The van der Waals surface area contributed by atoms with E-state index in [1.165, 1.54) is 19.4 Å². The summed E-state index contributed by atoms with van der Waals surface area (Å²) in [4.78, 5) is 15.9. The molecule has 98 valence electrons. The Labute approximate surface area is 118 Å². The third-order valence-corrected chi connectivity index (χ3v) is 2.90. The van der Waals surface area contributed by atoms with Crippen molar-refractivity contribution >= 4 is 27.5 Å². The zero-order valence-electron chi connectivity index (χ0n) is 10.1. The Balaban J connectivity index is 2.14. The lowest BCUT2D eigenvalue weighted by Gasteiger charge is -2.08. The molecule has 5 nitrogen and oxygen atoms in total. The summed E-state index contributed by atoms with van der Waals surface area (Å²) in [5.74, 6) is 0.0158. The summed E-state index contributed by atoms with van der Waals surface area (Å²) in [5.41, 5.74) is 0.907. The molecule has 0 aliphatic heterocycles. The first-order valence-electron chi connectivity index (χ1n) is 5.40. The number of hydrogen-bond acceptors (Lipinski definition) is 4. The lowest BCUT2D eigenvalue weighted by Crippen LogP contribution is -2.12. The monoisotopic (exact) mass is 322 g/mol. The molecule has 2 N–H and O–H groups in total. The van der Waals surface area contributed by atoms with Gasteiger partial charge in [0.05, 0.1) is 12.7 Å². The Morgan fingerprint density at radius 1 is 1.37 bits per heavy atom. The highest BCUT2D eigenvalue weighted by Gasteiger charge is 2.08. The van der Waals surface area contributed by atoms with E-state index in [4.69, 9.17) is 4.74 Å². The van der Waals surface area contributed by atoms with Crippen LogP contribution in [0.15, 0.2) is 41.1 Å². The maximum atomic E-state index is 11.9. The number of amides is 1. The molecular formula is C13H11BrN2O3. The molecule has 2 aromatic rings. The molecule has 0 bridgehead atoms. The molecule has 1 aromatic heterocycles. The van der Waals surface area contributed by atoms with Crippen molar-refractivity contribution in [2.45, 2.75) is 0 Å². The van der Waals surface area contributed by atoms with Crippen LogP contribution in [0.5, 0.6) is 11.5 Å². The molecule has 0 aliphatic rings. The van der Waals surface area contributed by atoms with Crippen molar-refractivity contribution in [1.29, 1.82) is 0 Å². The van der Waals surface area contributed by atoms with Crippen LogP contribution in [-0.4, -0.2) is 23.1 Å². The maximum absolute atomic E-state index is 11.9. The molecule has 0 aliphatic carbocycles. The highest BCUT2D eigenvalue weighted by atomic mass is 79.9. The van der Waals surface area contributed by atoms with Gasteiger partial charge in [0.2, 0.25) is 0 Å². The number of nitrogens with zero attached hydrogens (tertiary/aromatic N) is 1. The first-order valence-corrected chi connectivity index (χ1v) is 6.19. The Morgan fingerprint density at radius 2 is 2.16 bits per heavy atom. The Hall–Kier alpha value is -2.08. The molecule has 0 unspecified atom stereocenters. The molecule has 0 atom stereocenters. The molecule has 0 spiro atoms. The van der Waals surface area contributed by atoms with E-state index in [2.05, 4.69) is 26.2 Å². The SMILES string of the molecule is COc1ccc(NC(=O)c2ccc(Br)nc2)cc1O. The smallest absolute Gasteiger partial charge is 0.257 e. The number of phenols is 1. The van der Waals surface area contributed by atoms with Crippen molar-refractivity contribution in [3.05, 3.63) is 46.7 Å². The third kappa shape index (κ3) is 3.23. The summed E-state index contributed by atoms with van der Waals surface area (Å²) in [6.07, 6.45) is 1.46. The van der Waals surface area contributed by atoms with E-state index in [1.54, 1.807) is 24.3 Å². The van der Waals surface area contributed by atoms with Gasteiger partial charge in [0.25, 0.3) is 5.91 Å². The van der Waals surface area contributed by atoms with E-state index in [0.29, 0.717) is 21.6 Å². The fraction of sp³-hybridized carbons (Fsp3) is 0.0769. The minimum atomic E-state index is -0.301. The number of methoxy groups -OCH3 is 1. The summed E-state index contributed by atoms with van der Waals surface area (Å²) in [6, 6.07) is 7.97. The Bertz CT molecular complexity index is 599. The van der Waals surface area contributed by atoms with Gasteiger partial charge in [0, 0.05) is 18.0 Å². The van der Waals surface area contributed by atoms with Crippen LogP contribution in [0.3, 0.4) is 0 Å². The predicted molar refractivity (Wildman–Crippen MR) is 74.5 cm³/mol. The van der Waals surface area contributed by atoms with E-state index < -0.39 is 0 Å². The van der Waals surface area contributed by atoms with Crippen molar-refractivity contribution in [2.24, 2.45) is 0 Å². The second kappa shape index (κ2) is 5.71. The second-order valence-electron chi connectivity index (χ2n) is 3.71. The van der Waals surface area contributed by atoms with E-state index in [0.717, 1.165) is 0 Å². The quantitative estimate of drug-likeness (QED) is 0.852. The molecular weight excluding hydrogens is 312 g/mol. The molecule has 1 amide bonds. The number of nitrogens with one attached hydrogen (secondary N) is 1. The molecule has 0 saturated carbocycles. The average molecular weight is 323 g/mol. The number of ether oxygens (including phenoxy) is 1. The van der Waals surface area contributed by atoms with Gasteiger partial charge in [-0.1, -0.05) is 0 Å². The van der Waals surface area contributed by atoms with Crippen LogP contribution in [0, 0.1) is 0 Å². The van der Waals surface area contributed by atoms with Crippen LogP contribution in [0.2, 0.25) is 0 Å². The van der Waals surface area contributed by atoms with Crippen molar-refractivity contribution in [3.8, 4) is 11.5 Å². The van der Waals surface area contributed by atoms with E-state index in [1.807, 2.05) is 0 Å². The summed E-state index contributed by atoms with van der Waals surface area (Å²) in [7, 11) is 1.46. The van der Waals surface area contributed by atoms with Crippen molar-refractivity contribution < 1.29 is 14.6 Å². The van der Waals surface area contributed by atoms with Gasteiger partial charge in [-0.05, 0) is 40.2 Å². The molecule has 6 heteroatoms. The minimum Gasteiger partial charge on any atom is -0.504 e. The molecule has 19 heavy (non-hydrogen) atoms. The summed E-state index contributed by atoms with van der Waals surface area (Å²) >= 11 is 3.20. The lowest BCUT2D eigenvalue weighted by molar-refractivity contribution is 0.102. The number of rotatable bonds is 3. The Morgan fingerprint density at radius 3 is 2.74 bits per heavy atom. The third-order valence-electron chi connectivity index (χ3n) is 2.43. The largest absolute Gasteiger partial charge is 0.504 e. The second-order valence-corrected chi connectivity index (χ2v) is 4.52. The highest BCUT2D eigenvalue weighted by Crippen LogP contribution is 2.28. The lowest BCUT2D eigenvalue weighted by atomic mass is 10.2. The van der Waals surface area contributed by atoms with Gasteiger partial charge < -0.3 is 15.2 Å². The van der Waals surface area contributed by atoms with Gasteiger partial charge in [0.15, 0.2) is 11.5 Å². The number of aromatic nitrogens is 1. The number of pyridine rings is 1. The number of carbonyl (C=O) groups excluding carboxylic acids is 1. The summed E-state index contributed by atoms with van der Waals surface area (Å²) in [5, 5.41) is 12.3. The van der Waals surface area contributed by atoms with E-state index in [9.17, 15) is 9.90 Å². The zero-order valence-corrected chi connectivity index (χ0v) is 11.6. The summed E-state index contributed by atoms with van der Waals surface area (Å²) < 4.78 is 5.58. The van der Waals surface area contributed by atoms with Crippen LogP contribution in [0.25, 0.3) is 0 Å². The van der Waals surface area contributed by atoms with E-state index in [-0.39, 0.29) is 11.7 Å². The van der Waals surface area contributed by atoms with Crippen LogP contribution >= 0.6 is 15.9 Å². The van der Waals surface area contributed by atoms with Crippen LogP contribution in [0.1, 0.15) is 10.4 Å². The fourth-order valence-electron chi connectivity index (χ4n) is 1.48. The first kappa shape index (κ1) is 13.4. The van der Waals surface area contributed by atoms with Gasteiger partial charge >= 0.3 is 0 Å². The first-order chi connectivity index (χ1) is 9.10. The van der Waals surface area contributed by atoms with Gasteiger partial charge in [-0.2, -0.15) is 0 Å². The van der Waals surface area contributed by atoms with Crippen molar-refractivity contribution in [3.63, 3.8) is 0 Å². The molecule has 1 aromatic carbocycles. The average Bonchev–Trinajstić information content (AvgIpc) is 2.39. The molecule has 2 rings (SSSR count). The van der Waals surface area contributed by atoms with Gasteiger partial charge in [-0.25, -0.2) is 4.98 Å². The zero-order chi connectivity index (χ0) is 13.8. The van der Waals surface area contributed by atoms with Crippen LogP contribution < -0.4 is 10.1 Å². The molecule has 0 fully saturated rings. The number of anilines is 1. The molecule has 1 heterocycles. The Kier molecular flexibility index (Phi) is 4.01. The number of benzene rings is 1. The topological polar surface area (TPSA) is 71.5 Å². The van der Waals surface area contributed by atoms with Crippen molar-refractivity contribution in [1.82, 2.24) is 4.98 Å². The predicted octanol–water partition coefficient (Wildman–Crippen LogP) is 2.81. The van der Waals surface area contributed by atoms with Gasteiger partial charge in [0.1, 0.15) is 4.60 Å². The van der Waals surface area contributed by atoms with Crippen LogP contribution in [0.4, 0.5) is 5.69 Å². The number of hydrogen-bond donors (Lipinski definition) is 2. The van der Waals surface area contributed by atoms with Crippen molar-refractivity contribution in [2.75, 3.05) is 12.4 Å². The number of carbonyl (C=O) groups is 1.